The van der Waals surface area contributed by atoms with Gasteiger partial charge in [0.1, 0.15) is 11.8 Å². The molecule has 1 aromatic rings. The normalized spacial score (nSPS) is 16.0. The van der Waals surface area contributed by atoms with Crippen molar-refractivity contribution >= 4 is 35.1 Å². The van der Waals surface area contributed by atoms with Crippen molar-refractivity contribution in [1.29, 1.82) is 0 Å². The molecule has 0 bridgehead atoms. The highest BCUT2D eigenvalue weighted by molar-refractivity contribution is 7.80. The van der Waals surface area contributed by atoms with Crippen LogP contribution in [-0.4, -0.2) is 60.1 Å². The molecule has 1 aromatic carbocycles. The Kier molecular flexibility index (Phi) is 8.85. The van der Waals surface area contributed by atoms with Crippen LogP contribution in [0.5, 0.6) is 5.75 Å². The van der Waals surface area contributed by atoms with Crippen molar-refractivity contribution in [2.45, 2.75) is 39.2 Å². The molecule has 1 saturated heterocycles. The molecule has 0 saturated carbocycles. The Morgan fingerprint density at radius 1 is 1.34 bits per heavy atom. The van der Waals surface area contributed by atoms with Gasteiger partial charge in [0.15, 0.2) is 5.11 Å². The first kappa shape index (κ1) is 22.6. The number of carbonyl (C=O) groups is 3. The predicted molar refractivity (Wildman–Crippen MR) is 112 cm³/mol. The maximum Gasteiger partial charge on any atom is 0.308 e. The number of carbonyl (C=O) groups excluding carboxylic acids is 3. The summed E-state index contributed by atoms with van der Waals surface area (Å²) in [4.78, 5) is 38.2. The van der Waals surface area contributed by atoms with Crippen LogP contribution in [-0.2, 0) is 14.3 Å². The minimum atomic E-state index is -0.820. The lowest BCUT2D eigenvalue weighted by Crippen LogP contribution is -2.60. The summed E-state index contributed by atoms with van der Waals surface area (Å²) in [5, 5.41) is 5.44. The number of benzene rings is 1. The summed E-state index contributed by atoms with van der Waals surface area (Å²) in [5.41, 5.74) is 0.393. The van der Waals surface area contributed by atoms with Crippen molar-refractivity contribution < 1.29 is 23.9 Å². The zero-order chi connectivity index (χ0) is 21.2. The van der Waals surface area contributed by atoms with Gasteiger partial charge in [-0.3, -0.25) is 19.7 Å². The number of hydrogen-bond donors (Lipinski definition) is 2. The van der Waals surface area contributed by atoms with Crippen molar-refractivity contribution in [3.8, 4) is 5.75 Å². The second-order valence-electron chi connectivity index (χ2n) is 6.50. The molecule has 0 radical (unpaired) electrons. The fourth-order valence-corrected chi connectivity index (χ4v) is 3.15. The van der Waals surface area contributed by atoms with Gasteiger partial charge in [-0.05, 0) is 43.8 Å². The molecule has 1 fully saturated rings. The summed E-state index contributed by atoms with van der Waals surface area (Å²) in [6.45, 7) is 5.33. The highest BCUT2D eigenvalue weighted by Crippen LogP contribution is 2.15. The second kappa shape index (κ2) is 11.4. The molecule has 2 amide bonds. The minimum absolute atomic E-state index is 0.0939. The molecule has 9 heteroatoms. The Morgan fingerprint density at radius 3 is 2.86 bits per heavy atom. The van der Waals surface area contributed by atoms with E-state index in [9.17, 15) is 14.4 Å². The van der Waals surface area contributed by atoms with E-state index in [0.717, 1.165) is 12.8 Å². The third-order valence-electron chi connectivity index (χ3n) is 4.34. The molecule has 1 aliphatic heterocycles. The first-order valence-electron chi connectivity index (χ1n) is 9.74. The third kappa shape index (κ3) is 6.70. The number of hydrogen-bond acceptors (Lipinski definition) is 6. The van der Waals surface area contributed by atoms with Crippen molar-refractivity contribution in [1.82, 2.24) is 15.5 Å². The van der Waals surface area contributed by atoms with Gasteiger partial charge >= 0.3 is 5.97 Å². The maximum absolute atomic E-state index is 12.6. The summed E-state index contributed by atoms with van der Waals surface area (Å²) in [6, 6.07) is 6.00. The molecule has 1 unspecified atom stereocenters. The first-order chi connectivity index (χ1) is 14.0. The lowest BCUT2D eigenvalue weighted by molar-refractivity contribution is -0.147. The van der Waals surface area contributed by atoms with Gasteiger partial charge in [0, 0.05) is 18.7 Å². The number of amides is 2. The van der Waals surface area contributed by atoms with Crippen molar-refractivity contribution in [2.24, 2.45) is 0 Å². The van der Waals surface area contributed by atoms with Crippen LogP contribution in [0.25, 0.3) is 0 Å². The fraction of sp³-hybridized carbons (Fsp3) is 0.500. The monoisotopic (exact) mass is 421 g/mol. The number of nitrogens with zero attached hydrogens (tertiary/aromatic N) is 1. The van der Waals surface area contributed by atoms with E-state index in [1.165, 1.54) is 0 Å². The number of rotatable bonds is 8. The molecule has 29 heavy (non-hydrogen) atoms. The summed E-state index contributed by atoms with van der Waals surface area (Å²) in [5.74, 6) is -0.621. The van der Waals surface area contributed by atoms with Crippen molar-refractivity contribution in [3.05, 3.63) is 29.8 Å². The highest BCUT2D eigenvalue weighted by atomic mass is 32.1. The van der Waals surface area contributed by atoms with E-state index < -0.39 is 17.9 Å². The molecule has 158 valence electrons. The van der Waals surface area contributed by atoms with Gasteiger partial charge in [-0.15, -0.1) is 0 Å². The molecule has 0 spiro atoms. The van der Waals surface area contributed by atoms with Crippen LogP contribution < -0.4 is 15.4 Å². The van der Waals surface area contributed by atoms with Gasteiger partial charge in [0.25, 0.3) is 5.91 Å². The van der Waals surface area contributed by atoms with Gasteiger partial charge in [0.05, 0.1) is 19.6 Å². The van der Waals surface area contributed by atoms with Gasteiger partial charge in [-0.1, -0.05) is 19.4 Å². The quantitative estimate of drug-likeness (QED) is 0.374. The van der Waals surface area contributed by atoms with Gasteiger partial charge in [0.2, 0.25) is 5.91 Å². The molecule has 8 nitrogen and oxygen atoms in total. The van der Waals surface area contributed by atoms with Crippen molar-refractivity contribution in [3.63, 3.8) is 0 Å². The topological polar surface area (TPSA) is 97.0 Å². The lowest BCUT2D eigenvalue weighted by Gasteiger charge is -2.36. The number of piperazine rings is 1. The number of esters is 1. The molecule has 0 aromatic heterocycles. The van der Waals surface area contributed by atoms with E-state index in [0.29, 0.717) is 31.0 Å². The largest absolute Gasteiger partial charge is 0.494 e. The summed E-state index contributed by atoms with van der Waals surface area (Å²) in [7, 11) is 0. The number of thiocarbonyl (C=S) groups is 1. The van der Waals surface area contributed by atoms with Crippen LogP contribution in [0.1, 0.15) is 43.5 Å². The van der Waals surface area contributed by atoms with Gasteiger partial charge in [-0.25, -0.2) is 0 Å². The molecule has 0 aliphatic carbocycles. The summed E-state index contributed by atoms with van der Waals surface area (Å²) < 4.78 is 10.6. The van der Waals surface area contributed by atoms with E-state index >= 15 is 0 Å². The Hall–Kier alpha value is -2.68. The Bertz CT molecular complexity index is 755. The molecular formula is C20H27N3O5S. The van der Waals surface area contributed by atoms with E-state index in [-0.39, 0.29) is 24.0 Å². The van der Waals surface area contributed by atoms with Crippen LogP contribution in [0.15, 0.2) is 24.3 Å². The molecule has 1 atom stereocenters. The summed E-state index contributed by atoms with van der Waals surface area (Å²) >= 11 is 5.35. The number of ether oxygens (including phenoxy) is 2. The predicted octanol–water partition coefficient (Wildman–Crippen LogP) is 1.63. The average molecular weight is 422 g/mol. The molecule has 1 aliphatic rings. The van der Waals surface area contributed by atoms with Crippen LogP contribution in [0.3, 0.4) is 0 Å². The number of nitrogens with one attached hydrogen (secondary N) is 2. The van der Waals surface area contributed by atoms with Crippen LogP contribution >= 0.6 is 12.2 Å². The van der Waals surface area contributed by atoms with Gasteiger partial charge in [-0.2, -0.15) is 0 Å². The Balaban J connectivity index is 2.03. The first-order valence-corrected chi connectivity index (χ1v) is 10.1. The van der Waals surface area contributed by atoms with E-state index in [4.69, 9.17) is 21.7 Å². The Morgan fingerprint density at radius 2 is 2.14 bits per heavy atom. The standard InChI is InChI=1S/C20H27N3O5S/c1-3-5-11-28-15-8-6-7-14(12-15)18(25)22-20(29)23-10-9-21-19(26)16(23)13-17(24)27-4-2/h6-8,12,16H,3-5,9-11,13H2,1-2H3,(H,21,26)(H,22,25,29). The fourth-order valence-electron chi connectivity index (χ4n) is 2.84. The second-order valence-corrected chi connectivity index (χ2v) is 6.89. The average Bonchev–Trinajstić information content (AvgIpc) is 2.70. The molecule has 2 rings (SSSR count). The zero-order valence-electron chi connectivity index (χ0n) is 16.7. The maximum atomic E-state index is 12.6. The zero-order valence-corrected chi connectivity index (χ0v) is 17.5. The highest BCUT2D eigenvalue weighted by Gasteiger charge is 2.34. The van der Waals surface area contributed by atoms with E-state index in [2.05, 4.69) is 17.6 Å². The number of unbranched alkanes of at least 4 members (excludes halogenated alkanes) is 1. The molecular weight excluding hydrogens is 394 g/mol. The smallest absolute Gasteiger partial charge is 0.308 e. The molecule has 1 heterocycles. The van der Waals surface area contributed by atoms with Gasteiger partial charge < -0.3 is 19.7 Å². The summed E-state index contributed by atoms with van der Waals surface area (Å²) in [6.07, 6.45) is 1.81. The molecule has 2 N–H and O–H groups in total. The van der Waals surface area contributed by atoms with Crippen LogP contribution in [0, 0.1) is 0 Å². The van der Waals surface area contributed by atoms with Crippen LogP contribution in [0.4, 0.5) is 0 Å². The lowest BCUT2D eigenvalue weighted by atomic mass is 10.1. The Labute approximate surface area is 175 Å². The third-order valence-corrected chi connectivity index (χ3v) is 4.68. The van der Waals surface area contributed by atoms with E-state index in [1.54, 1.807) is 36.1 Å². The SMILES string of the molecule is CCCCOc1cccc(C(=O)NC(=S)N2CCNC(=O)C2CC(=O)OCC)c1. The van der Waals surface area contributed by atoms with Crippen molar-refractivity contribution in [2.75, 3.05) is 26.3 Å². The van der Waals surface area contributed by atoms with E-state index in [1.807, 2.05) is 0 Å². The van der Waals surface area contributed by atoms with Crippen LogP contribution in [0.2, 0.25) is 0 Å². The minimum Gasteiger partial charge on any atom is -0.494 e.